The zero-order chi connectivity index (χ0) is 20.0. The molecular weight excluding hydrogens is 390 g/mol. The fourth-order valence-corrected chi connectivity index (χ4v) is 4.70. The lowest BCUT2D eigenvalue weighted by Gasteiger charge is -2.38. The van der Waals surface area contributed by atoms with Crippen molar-refractivity contribution in [3.8, 4) is 11.6 Å². The molecule has 0 spiro atoms. The van der Waals surface area contributed by atoms with Crippen LogP contribution in [-0.2, 0) is 0 Å². The number of piperidine rings is 1. The van der Waals surface area contributed by atoms with Gasteiger partial charge in [-0.3, -0.25) is 4.79 Å². The van der Waals surface area contributed by atoms with Gasteiger partial charge in [-0.2, -0.15) is 15.0 Å². The molecule has 3 aromatic rings. The highest BCUT2D eigenvalue weighted by atomic mass is 35.5. The molecule has 2 fully saturated rings. The van der Waals surface area contributed by atoms with Crippen LogP contribution < -0.4 is 4.74 Å². The van der Waals surface area contributed by atoms with E-state index in [4.69, 9.17) is 16.3 Å². The van der Waals surface area contributed by atoms with Crippen LogP contribution >= 0.6 is 11.6 Å². The molecule has 4 atom stereocenters. The van der Waals surface area contributed by atoms with E-state index >= 15 is 0 Å². The molecule has 1 aliphatic heterocycles. The molecule has 1 aliphatic carbocycles. The van der Waals surface area contributed by atoms with E-state index in [0.717, 1.165) is 12.8 Å². The second-order valence-electron chi connectivity index (χ2n) is 7.56. The Labute approximate surface area is 173 Å². The number of amides is 1. The summed E-state index contributed by atoms with van der Waals surface area (Å²) < 4.78 is 6.14. The Bertz CT molecular complexity index is 1020. The summed E-state index contributed by atoms with van der Waals surface area (Å²) in [5.74, 6) is 0.930. The Kier molecular flexibility index (Phi) is 4.47. The largest absolute Gasteiger partial charge is 0.472 e. The Hall–Kier alpha value is -2.93. The van der Waals surface area contributed by atoms with E-state index in [2.05, 4.69) is 22.1 Å². The van der Waals surface area contributed by atoms with Crippen LogP contribution in [0.2, 0.25) is 5.02 Å². The van der Waals surface area contributed by atoms with Crippen LogP contribution in [-0.4, -0.2) is 49.0 Å². The number of likely N-dealkylation sites (tertiary alicyclic amines) is 1. The van der Waals surface area contributed by atoms with Crippen molar-refractivity contribution in [1.29, 1.82) is 0 Å². The molecule has 7 nitrogen and oxygen atoms in total. The monoisotopic (exact) mass is 409 g/mol. The van der Waals surface area contributed by atoms with E-state index in [0.29, 0.717) is 28.1 Å². The molecule has 8 heteroatoms. The Morgan fingerprint density at radius 1 is 1.14 bits per heavy atom. The number of hydrogen-bond donors (Lipinski definition) is 0. The quantitative estimate of drug-likeness (QED) is 0.660. The number of carbonyl (C=O) groups is 1. The zero-order valence-corrected chi connectivity index (χ0v) is 16.6. The van der Waals surface area contributed by atoms with Crippen LogP contribution in [0.3, 0.4) is 0 Å². The molecule has 2 aromatic heterocycles. The van der Waals surface area contributed by atoms with Gasteiger partial charge in [-0.25, -0.2) is 4.98 Å². The van der Waals surface area contributed by atoms with Gasteiger partial charge < -0.3 is 9.64 Å². The van der Waals surface area contributed by atoms with Crippen LogP contribution in [0.5, 0.6) is 5.88 Å². The number of nitrogens with zero attached hydrogens (tertiary/aromatic N) is 5. The molecule has 148 valence electrons. The minimum atomic E-state index is -0.0798. The van der Waals surface area contributed by atoms with Crippen LogP contribution in [0.25, 0.3) is 5.69 Å². The molecule has 29 heavy (non-hydrogen) atoms. The van der Waals surface area contributed by atoms with Crippen LogP contribution in [0.15, 0.2) is 55.0 Å². The first kappa shape index (κ1) is 18.1. The van der Waals surface area contributed by atoms with Gasteiger partial charge in [-0.15, -0.1) is 0 Å². The third-order valence-corrected chi connectivity index (χ3v) is 6.19. The van der Waals surface area contributed by atoms with Crippen molar-refractivity contribution in [1.82, 2.24) is 24.9 Å². The Balaban J connectivity index is 1.42. The molecule has 1 saturated carbocycles. The summed E-state index contributed by atoms with van der Waals surface area (Å²) in [5.41, 5.74) is 1.26. The van der Waals surface area contributed by atoms with Gasteiger partial charge in [0.25, 0.3) is 5.91 Å². The van der Waals surface area contributed by atoms with E-state index < -0.39 is 0 Å². The van der Waals surface area contributed by atoms with Gasteiger partial charge in [-0.1, -0.05) is 23.7 Å². The first-order valence-corrected chi connectivity index (χ1v) is 10.1. The summed E-state index contributed by atoms with van der Waals surface area (Å²) in [6, 6.07) is 11.1. The number of pyridine rings is 1. The van der Waals surface area contributed by atoms with Gasteiger partial charge in [0.05, 0.1) is 34.7 Å². The molecule has 0 N–H and O–H groups in total. The predicted molar refractivity (Wildman–Crippen MR) is 107 cm³/mol. The van der Waals surface area contributed by atoms with Gasteiger partial charge in [0.2, 0.25) is 5.88 Å². The molecular formula is C21H20ClN5O2. The zero-order valence-electron chi connectivity index (χ0n) is 15.9. The minimum Gasteiger partial charge on any atom is -0.472 e. The van der Waals surface area contributed by atoms with Crippen molar-refractivity contribution in [3.63, 3.8) is 0 Å². The SMILES string of the molecule is C[C@@H]1[C@H]2CC(Oc3ccc(Cl)cn3)[C@H](C2)N1C(=O)c1ccccc1-n1nccn1. The van der Waals surface area contributed by atoms with Gasteiger partial charge in [-0.05, 0) is 43.9 Å². The fourth-order valence-electron chi connectivity index (χ4n) is 4.59. The van der Waals surface area contributed by atoms with Crippen LogP contribution in [0.4, 0.5) is 0 Å². The minimum absolute atomic E-state index is 0.0126. The first-order chi connectivity index (χ1) is 14.1. The third-order valence-electron chi connectivity index (χ3n) is 5.96. The molecule has 2 aliphatic rings. The smallest absolute Gasteiger partial charge is 0.256 e. The van der Waals surface area contributed by atoms with Crippen molar-refractivity contribution in [2.75, 3.05) is 0 Å². The van der Waals surface area contributed by atoms with Gasteiger partial charge in [0.1, 0.15) is 6.10 Å². The third kappa shape index (κ3) is 3.15. The normalized spacial score (nSPS) is 25.4. The van der Waals surface area contributed by atoms with Crippen LogP contribution in [0, 0.1) is 5.92 Å². The van der Waals surface area contributed by atoms with E-state index in [1.54, 1.807) is 30.7 Å². The maximum atomic E-state index is 13.6. The summed E-state index contributed by atoms with van der Waals surface area (Å²) in [4.78, 5) is 21.3. The maximum absolute atomic E-state index is 13.6. The number of rotatable bonds is 4. The highest BCUT2D eigenvalue weighted by Crippen LogP contribution is 2.44. The number of benzene rings is 1. The second-order valence-corrected chi connectivity index (χ2v) is 7.99. The van der Waals surface area contributed by atoms with Crippen molar-refractivity contribution in [2.45, 2.75) is 38.0 Å². The van der Waals surface area contributed by atoms with E-state index in [9.17, 15) is 4.79 Å². The van der Waals surface area contributed by atoms with Gasteiger partial charge in [0.15, 0.2) is 0 Å². The number of para-hydroxylation sites is 1. The highest BCUT2D eigenvalue weighted by molar-refractivity contribution is 6.30. The van der Waals surface area contributed by atoms with Crippen molar-refractivity contribution >= 4 is 17.5 Å². The molecule has 1 aromatic carbocycles. The highest BCUT2D eigenvalue weighted by Gasteiger charge is 2.52. The average molecular weight is 410 g/mol. The summed E-state index contributed by atoms with van der Waals surface area (Å²) in [5, 5.41) is 8.95. The summed E-state index contributed by atoms with van der Waals surface area (Å²) in [6.07, 6.45) is 6.55. The standard InChI is InChI=1S/C21H20ClN5O2/c1-13-14-10-18(19(11-14)29-20-7-6-15(22)12-23-20)26(13)21(28)16-4-2-3-5-17(16)27-24-8-9-25-27/h2-9,12-14,18-19H,10-11H2,1H3/t13-,14-,18+,19?/m1/s1. The molecule has 3 heterocycles. The average Bonchev–Trinajstić information content (AvgIpc) is 3.46. The van der Waals surface area contributed by atoms with E-state index in [-0.39, 0.29) is 24.1 Å². The molecule has 1 unspecified atom stereocenters. The lowest BCUT2D eigenvalue weighted by Crippen LogP contribution is -2.51. The molecule has 1 amide bonds. The van der Waals surface area contributed by atoms with Crippen LogP contribution in [0.1, 0.15) is 30.1 Å². The lowest BCUT2D eigenvalue weighted by atomic mass is 9.98. The number of halogens is 1. The number of carbonyl (C=O) groups excluding carboxylic acids is 1. The first-order valence-electron chi connectivity index (χ1n) is 9.68. The summed E-state index contributed by atoms with van der Waals surface area (Å²) in [7, 11) is 0. The summed E-state index contributed by atoms with van der Waals surface area (Å²) in [6.45, 7) is 2.12. The topological polar surface area (TPSA) is 73.1 Å². The Morgan fingerprint density at radius 2 is 1.93 bits per heavy atom. The van der Waals surface area contributed by atoms with Crippen molar-refractivity contribution in [3.05, 3.63) is 65.6 Å². The Morgan fingerprint density at radius 3 is 2.66 bits per heavy atom. The van der Waals surface area contributed by atoms with E-state index in [1.807, 2.05) is 29.2 Å². The molecule has 2 bridgehead atoms. The number of hydrogen-bond acceptors (Lipinski definition) is 5. The number of fused-ring (bicyclic) bond motifs is 2. The van der Waals surface area contributed by atoms with Gasteiger partial charge in [0, 0.05) is 18.3 Å². The maximum Gasteiger partial charge on any atom is 0.256 e. The lowest BCUT2D eigenvalue weighted by molar-refractivity contribution is 0.0314. The molecule has 1 saturated heterocycles. The fraction of sp³-hybridized carbons (Fsp3) is 0.333. The van der Waals surface area contributed by atoms with Gasteiger partial charge >= 0.3 is 0 Å². The molecule has 0 radical (unpaired) electrons. The predicted octanol–water partition coefficient (Wildman–Crippen LogP) is 3.39. The van der Waals surface area contributed by atoms with Crippen molar-refractivity contribution < 1.29 is 9.53 Å². The molecule has 5 rings (SSSR count). The van der Waals surface area contributed by atoms with Crippen molar-refractivity contribution in [2.24, 2.45) is 5.92 Å². The number of aromatic nitrogens is 4. The summed E-state index contributed by atoms with van der Waals surface area (Å²) >= 11 is 5.92. The van der Waals surface area contributed by atoms with E-state index in [1.165, 1.54) is 4.80 Å². The number of ether oxygens (including phenoxy) is 1. The second kappa shape index (κ2) is 7.15.